The van der Waals surface area contributed by atoms with Crippen molar-refractivity contribution in [2.75, 3.05) is 25.7 Å². The molecule has 3 amide bonds. The van der Waals surface area contributed by atoms with Crippen molar-refractivity contribution in [3.63, 3.8) is 0 Å². The van der Waals surface area contributed by atoms with Crippen molar-refractivity contribution in [1.29, 1.82) is 0 Å². The van der Waals surface area contributed by atoms with Crippen molar-refractivity contribution in [2.45, 2.75) is 44.0 Å². The van der Waals surface area contributed by atoms with E-state index in [1.165, 1.54) is 17.0 Å². The lowest BCUT2D eigenvalue weighted by atomic mass is 9.92. The highest BCUT2D eigenvalue weighted by atomic mass is 19.4. The first kappa shape index (κ1) is 25.6. The van der Waals surface area contributed by atoms with E-state index in [9.17, 15) is 22.8 Å². The second-order valence-corrected chi connectivity index (χ2v) is 9.26. The lowest BCUT2D eigenvalue weighted by Crippen LogP contribution is -2.44. The number of benzene rings is 2. The second kappa shape index (κ2) is 10.0. The quantitative estimate of drug-likeness (QED) is 0.396. The van der Waals surface area contributed by atoms with Crippen LogP contribution in [-0.2, 0) is 11.0 Å². The number of aromatic nitrogens is 1. The van der Waals surface area contributed by atoms with Crippen LogP contribution in [0.5, 0.6) is 17.2 Å². The van der Waals surface area contributed by atoms with Crippen LogP contribution in [0.25, 0.3) is 10.9 Å². The topological polar surface area (TPSA) is 81.2 Å². The molecule has 1 aliphatic carbocycles. The minimum absolute atomic E-state index is 0.0503. The molecule has 5 rings (SSSR count). The van der Waals surface area contributed by atoms with Gasteiger partial charge in [0, 0.05) is 29.4 Å². The SMILES string of the molecule is COc1cc2nccc(OC3CCC(N4C(=O)CN(c5cccc(C(F)(F)F)c5)C4=O)CC3)c2cc1OC. The van der Waals surface area contributed by atoms with E-state index >= 15 is 0 Å². The number of rotatable bonds is 6. The van der Waals surface area contributed by atoms with Crippen molar-refractivity contribution in [3.05, 3.63) is 54.2 Å². The van der Waals surface area contributed by atoms with Gasteiger partial charge in [-0.05, 0) is 56.0 Å². The zero-order valence-corrected chi connectivity index (χ0v) is 20.8. The van der Waals surface area contributed by atoms with Gasteiger partial charge < -0.3 is 14.2 Å². The fourth-order valence-electron chi connectivity index (χ4n) is 5.08. The van der Waals surface area contributed by atoms with Gasteiger partial charge in [-0.1, -0.05) is 6.07 Å². The molecule has 0 spiro atoms. The zero-order chi connectivity index (χ0) is 27.0. The normalized spacial score (nSPS) is 20.2. The van der Waals surface area contributed by atoms with Gasteiger partial charge in [0.25, 0.3) is 5.91 Å². The first-order valence-corrected chi connectivity index (χ1v) is 12.2. The molecular formula is C27H26F3N3O5. The van der Waals surface area contributed by atoms with Crippen LogP contribution in [0.2, 0.25) is 0 Å². The number of halogens is 3. The van der Waals surface area contributed by atoms with Gasteiger partial charge in [0.15, 0.2) is 11.5 Å². The van der Waals surface area contributed by atoms with Crippen LogP contribution in [0.4, 0.5) is 23.7 Å². The van der Waals surface area contributed by atoms with Crippen LogP contribution in [0.3, 0.4) is 0 Å². The van der Waals surface area contributed by atoms with E-state index < -0.39 is 23.7 Å². The lowest BCUT2D eigenvalue weighted by molar-refractivity contribution is -0.137. The number of pyridine rings is 1. The maximum absolute atomic E-state index is 13.1. The number of hydrogen-bond donors (Lipinski definition) is 0. The van der Waals surface area contributed by atoms with Crippen molar-refractivity contribution >= 4 is 28.5 Å². The maximum Gasteiger partial charge on any atom is 0.416 e. The van der Waals surface area contributed by atoms with Crippen molar-refractivity contribution in [3.8, 4) is 17.2 Å². The van der Waals surface area contributed by atoms with Gasteiger partial charge in [-0.25, -0.2) is 4.79 Å². The highest BCUT2D eigenvalue weighted by molar-refractivity contribution is 6.12. The molecule has 38 heavy (non-hydrogen) atoms. The number of nitrogens with zero attached hydrogens (tertiary/aromatic N) is 3. The average Bonchev–Trinajstić information content (AvgIpc) is 3.21. The van der Waals surface area contributed by atoms with E-state index in [4.69, 9.17) is 14.2 Å². The Bertz CT molecular complexity index is 1370. The van der Waals surface area contributed by atoms with Gasteiger partial charge >= 0.3 is 12.2 Å². The molecule has 1 saturated heterocycles. The largest absolute Gasteiger partial charge is 0.493 e. The number of anilines is 1. The molecule has 3 aromatic rings. The van der Waals surface area contributed by atoms with E-state index in [1.807, 2.05) is 6.07 Å². The molecule has 0 bridgehead atoms. The highest BCUT2D eigenvalue weighted by Gasteiger charge is 2.43. The Hall–Kier alpha value is -4.02. The minimum Gasteiger partial charge on any atom is -0.493 e. The molecule has 11 heteroatoms. The first-order chi connectivity index (χ1) is 18.2. The Kier molecular flexibility index (Phi) is 6.77. The number of alkyl halides is 3. The molecule has 0 atom stereocenters. The number of amides is 3. The van der Waals surface area contributed by atoms with Gasteiger partial charge in [-0.3, -0.25) is 19.6 Å². The Morgan fingerprint density at radius 1 is 0.921 bits per heavy atom. The Morgan fingerprint density at radius 3 is 2.32 bits per heavy atom. The number of urea groups is 1. The molecule has 2 aliphatic rings. The predicted molar refractivity (Wildman–Crippen MR) is 133 cm³/mol. The second-order valence-electron chi connectivity index (χ2n) is 9.26. The molecule has 0 radical (unpaired) electrons. The number of methoxy groups -OCH3 is 2. The molecule has 1 aliphatic heterocycles. The van der Waals surface area contributed by atoms with Crippen molar-refractivity contribution in [1.82, 2.24) is 9.88 Å². The monoisotopic (exact) mass is 529 g/mol. The van der Waals surface area contributed by atoms with Gasteiger partial charge in [0.2, 0.25) is 0 Å². The van der Waals surface area contributed by atoms with E-state index in [-0.39, 0.29) is 24.4 Å². The summed E-state index contributed by atoms with van der Waals surface area (Å²) < 4.78 is 56.5. The smallest absolute Gasteiger partial charge is 0.416 e. The van der Waals surface area contributed by atoms with Crippen LogP contribution >= 0.6 is 0 Å². The summed E-state index contributed by atoms with van der Waals surface area (Å²) in [5.41, 5.74) is -0.128. The maximum atomic E-state index is 13.1. The van der Waals surface area contributed by atoms with E-state index in [1.54, 1.807) is 32.5 Å². The lowest BCUT2D eigenvalue weighted by Gasteiger charge is -2.33. The van der Waals surface area contributed by atoms with Crippen molar-refractivity contribution in [2.24, 2.45) is 0 Å². The summed E-state index contributed by atoms with van der Waals surface area (Å²) in [4.78, 5) is 32.5. The Labute approximate surface area is 216 Å². The summed E-state index contributed by atoms with van der Waals surface area (Å²) >= 11 is 0. The Balaban J connectivity index is 1.27. The summed E-state index contributed by atoms with van der Waals surface area (Å²) in [5, 5.41) is 0.772. The summed E-state index contributed by atoms with van der Waals surface area (Å²) in [7, 11) is 3.11. The molecule has 2 heterocycles. The molecular weight excluding hydrogens is 503 g/mol. The van der Waals surface area contributed by atoms with E-state index in [0.29, 0.717) is 48.4 Å². The molecule has 1 saturated carbocycles. The van der Waals surface area contributed by atoms with Gasteiger partial charge in [0.1, 0.15) is 12.3 Å². The van der Waals surface area contributed by atoms with Gasteiger partial charge in [0.05, 0.1) is 31.4 Å². The van der Waals surface area contributed by atoms with E-state index in [2.05, 4.69) is 4.98 Å². The summed E-state index contributed by atoms with van der Waals surface area (Å²) in [6, 6.07) is 8.88. The molecule has 2 fully saturated rings. The summed E-state index contributed by atoms with van der Waals surface area (Å²) in [6.45, 7) is -0.287. The number of imide groups is 1. The summed E-state index contributed by atoms with van der Waals surface area (Å²) in [6.07, 6.45) is -0.781. The molecule has 2 aromatic carbocycles. The molecule has 8 nitrogen and oxygen atoms in total. The third kappa shape index (κ3) is 4.80. The van der Waals surface area contributed by atoms with E-state index in [0.717, 1.165) is 22.4 Å². The van der Waals surface area contributed by atoms with Crippen LogP contribution in [0.1, 0.15) is 31.2 Å². The number of ether oxygens (including phenoxy) is 3. The van der Waals surface area contributed by atoms with Crippen LogP contribution < -0.4 is 19.1 Å². The predicted octanol–water partition coefficient (Wildman–Crippen LogP) is 5.43. The van der Waals surface area contributed by atoms with Crippen LogP contribution in [-0.4, -0.2) is 54.7 Å². The first-order valence-electron chi connectivity index (χ1n) is 12.2. The third-order valence-corrected chi connectivity index (χ3v) is 6.99. The highest BCUT2D eigenvalue weighted by Crippen LogP contribution is 2.38. The molecule has 0 N–H and O–H groups in total. The third-order valence-electron chi connectivity index (χ3n) is 6.99. The number of carbonyl (C=O) groups excluding carboxylic acids is 2. The molecule has 0 unspecified atom stereocenters. The number of carbonyl (C=O) groups is 2. The zero-order valence-electron chi connectivity index (χ0n) is 20.8. The van der Waals surface area contributed by atoms with Crippen LogP contribution in [0.15, 0.2) is 48.7 Å². The fourth-order valence-corrected chi connectivity index (χ4v) is 5.08. The number of hydrogen-bond acceptors (Lipinski definition) is 6. The molecule has 200 valence electrons. The van der Waals surface area contributed by atoms with Gasteiger partial charge in [-0.2, -0.15) is 13.2 Å². The van der Waals surface area contributed by atoms with Gasteiger partial charge in [-0.15, -0.1) is 0 Å². The average molecular weight is 530 g/mol. The fraction of sp³-hybridized carbons (Fsp3) is 0.370. The molecule has 1 aromatic heterocycles. The Morgan fingerprint density at radius 2 is 1.63 bits per heavy atom. The number of fused-ring (bicyclic) bond motifs is 1. The standard InChI is InChI=1S/C27H26F3N3O5/c1-36-23-13-20-21(14-24(23)37-2)31-11-10-22(20)38-19-8-6-17(7-9-19)33-25(34)15-32(26(33)35)18-5-3-4-16(12-18)27(28,29)30/h3-5,10-14,17,19H,6-9,15H2,1-2H3. The van der Waals surface area contributed by atoms with Crippen LogP contribution in [0, 0.1) is 0 Å². The van der Waals surface area contributed by atoms with Crippen molar-refractivity contribution < 1.29 is 37.0 Å². The summed E-state index contributed by atoms with van der Waals surface area (Å²) in [5.74, 6) is 1.34. The minimum atomic E-state index is -4.54.